The lowest BCUT2D eigenvalue weighted by Crippen LogP contribution is -2.11. The van der Waals surface area contributed by atoms with Crippen molar-refractivity contribution in [2.45, 2.75) is 27.2 Å². The van der Waals surface area contributed by atoms with Crippen LogP contribution in [0.5, 0.6) is 5.75 Å². The largest absolute Gasteiger partial charge is 0.493 e. The Kier molecular flexibility index (Phi) is 3.59. The van der Waals surface area contributed by atoms with Gasteiger partial charge in [-0.15, -0.1) is 0 Å². The second-order valence-electron chi connectivity index (χ2n) is 6.80. The summed E-state index contributed by atoms with van der Waals surface area (Å²) in [6.45, 7) is 7.49. The van der Waals surface area contributed by atoms with Gasteiger partial charge in [0.15, 0.2) is 0 Å². The summed E-state index contributed by atoms with van der Waals surface area (Å²) in [5, 5.41) is 4.99. The van der Waals surface area contributed by atoms with Crippen molar-refractivity contribution in [3.05, 3.63) is 54.6 Å². The maximum Gasteiger partial charge on any atom is 0.127 e. The summed E-state index contributed by atoms with van der Waals surface area (Å²) in [5.41, 5.74) is 0.298. The maximum atomic E-state index is 6.10. The predicted octanol–water partition coefficient (Wildman–Crippen LogP) is 5.81. The van der Waals surface area contributed by atoms with Crippen molar-refractivity contribution in [1.29, 1.82) is 0 Å². The van der Waals surface area contributed by atoms with Gasteiger partial charge in [-0.25, -0.2) is 0 Å². The molecule has 1 heteroatoms. The Morgan fingerprint density at radius 1 is 0.810 bits per heavy atom. The molecule has 0 N–H and O–H groups in total. The normalized spacial score (nSPS) is 12.0. The van der Waals surface area contributed by atoms with E-state index < -0.39 is 0 Å². The van der Waals surface area contributed by atoms with Gasteiger partial charge in [-0.2, -0.15) is 0 Å². The van der Waals surface area contributed by atoms with Crippen LogP contribution < -0.4 is 4.74 Å². The van der Waals surface area contributed by atoms with Gasteiger partial charge in [-0.05, 0) is 34.1 Å². The lowest BCUT2D eigenvalue weighted by atomic mass is 9.93. The van der Waals surface area contributed by atoms with E-state index in [0.717, 1.165) is 18.8 Å². The summed E-state index contributed by atoms with van der Waals surface area (Å²) in [4.78, 5) is 0. The van der Waals surface area contributed by atoms with E-state index in [0.29, 0.717) is 5.41 Å². The average Bonchev–Trinajstić information content (AvgIpc) is 2.46. The summed E-state index contributed by atoms with van der Waals surface area (Å²) in [6.07, 6.45) is 1.05. The monoisotopic (exact) mass is 278 g/mol. The van der Waals surface area contributed by atoms with E-state index in [1.54, 1.807) is 0 Å². The van der Waals surface area contributed by atoms with Crippen molar-refractivity contribution < 1.29 is 4.74 Å². The fraction of sp³-hybridized carbons (Fsp3) is 0.300. The third kappa shape index (κ3) is 3.02. The topological polar surface area (TPSA) is 9.23 Å². The zero-order chi connectivity index (χ0) is 14.9. The Morgan fingerprint density at radius 2 is 1.43 bits per heavy atom. The van der Waals surface area contributed by atoms with Gasteiger partial charge in [0, 0.05) is 5.39 Å². The van der Waals surface area contributed by atoms with Gasteiger partial charge < -0.3 is 4.74 Å². The summed E-state index contributed by atoms with van der Waals surface area (Å²) >= 11 is 0. The van der Waals surface area contributed by atoms with Crippen LogP contribution in [0.4, 0.5) is 0 Å². The molecular weight excluding hydrogens is 256 g/mol. The highest BCUT2D eigenvalue weighted by Gasteiger charge is 2.11. The van der Waals surface area contributed by atoms with E-state index in [2.05, 4.69) is 75.4 Å². The number of hydrogen-bond acceptors (Lipinski definition) is 1. The van der Waals surface area contributed by atoms with Crippen molar-refractivity contribution in [3.8, 4) is 5.75 Å². The first kappa shape index (κ1) is 13.9. The zero-order valence-corrected chi connectivity index (χ0v) is 13.0. The third-order valence-electron chi connectivity index (χ3n) is 3.84. The van der Waals surface area contributed by atoms with Crippen LogP contribution in [0.25, 0.3) is 21.5 Å². The molecule has 0 atom stereocenters. The van der Waals surface area contributed by atoms with Crippen LogP contribution in [0.1, 0.15) is 27.2 Å². The van der Waals surface area contributed by atoms with Gasteiger partial charge in [0.1, 0.15) is 5.75 Å². The first-order valence-electron chi connectivity index (χ1n) is 7.58. The molecule has 0 saturated heterocycles. The van der Waals surface area contributed by atoms with E-state index >= 15 is 0 Å². The summed E-state index contributed by atoms with van der Waals surface area (Å²) < 4.78 is 6.10. The Bertz CT molecular complexity index is 765. The maximum absolute atomic E-state index is 6.10. The molecule has 1 nitrogen and oxygen atoms in total. The molecule has 0 unspecified atom stereocenters. The second-order valence-corrected chi connectivity index (χ2v) is 6.80. The molecule has 0 aliphatic rings. The van der Waals surface area contributed by atoms with Crippen molar-refractivity contribution in [2.75, 3.05) is 6.61 Å². The molecule has 0 aliphatic heterocycles. The van der Waals surface area contributed by atoms with E-state index in [9.17, 15) is 0 Å². The molecule has 0 heterocycles. The molecule has 3 rings (SSSR count). The van der Waals surface area contributed by atoms with E-state index in [1.807, 2.05) is 0 Å². The molecule has 3 aromatic carbocycles. The minimum atomic E-state index is 0.298. The van der Waals surface area contributed by atoms with Crippen molar-refractivity contribution in [3.63, 3.8) is 0 Å². The van der Waals surface area contributed by atoms with Gasteiger partial charge >= 0.3 is 0 Å². The van der Waals surface area contributed by atoms with Crippen molar-refractivity contribution in [2.24, 2.45) is 5.41 Å². The van der Waals surface area contributed by atoms with Gasteiger partial charge in [-0.1, -0.05) is 69.3 Å². The highest BCUT2D eigenvalue weighted by Crippen LogP contribution is 2.33. The number of ether oxygens (including phenoxy) is 1. The van der Waals surface area contributed by atoms with E-state index in [1.165, 1.54) is 21.5 Å². The van der Waals surface area contributed by atoms with Gasteiger partial charge in [0.2, 0.25) is 0 Å². The molecule has 0 bridgehead atoms. The highest BCUT2D eigenvalue weighted by atomic mass is 16.5. The highest BCUT2D eigenvalue weighted by molar-refractivity contribution is 6.10. The Balaban J connectivity index is 2.04. The fourth-order valence-corrected chi connectivity index (χ4v) is 2.61. The zero-order valence-electron chi connectivity index (χ0n) is 13.0. The lowest BCUT2D eigenvalue weighted by Gasteiger charge is -2.19. The molecular formula is C20H22O. The molecule has 0 fully saturated rings. The van der Waals surface area contributed by atoms with Crippen molar-refractivity contribution >= 4 is 21.5 Å². The lowest BCUT2D eigenvalue weighted by molar-refractivity contribution is 0.245. The molecule has 3 aromatic rings. The fourth-order valence-electron chi connectivity index (χ4n) is 2.61. The van der Waals surface area contributed by atoms with Gasteiger partial charge in [0.05, 0.1) is 6.61 Å². The smallest absolute Gasteiger partial charge is 0.127 e. The molecule has 0 spiro atoms. The van der Waals surface area contributed by atoms with Crippen LogP contribution in [0.15, 0.2) is 54.6 Å². The third-order valence-corrected chi connectivity index (χ3v) is 3.84. The number of rotatable bonds is 3. The van der Waals surface area contributed by atoms with Crippen LogP contribution in [0.3, 0.4) is 0 Å². The van der Waals surface area contributed by atoms with Crippen LogP contribution in [0.2, 0.25) is 0 Å². The molecule has 21 heavy (non-hydrogen) atoms. The van der Waals surface area contributed by atoms with Crippen LogP contribution >= 0.6 is 0 Å². The molecule has 0 saturated carbocycles. The first-order valence-corrected chi connectivity index (χ1v) is 7.58. The standard InChI is InChI=1S/C20H22O/c1-20(2,3)12-13-21-19-14-15-8-4-5-9-16(15)17-10-6-7-11-18(17)19/h4-11,14H,12-13H2,1-3H3. The van der Waals surface area contributed by atoms with Gasteiger partial charge in [0.25, 0.3) is 0 Å². The van der Waals surface area contributed by atoms with Crippen LogP contribution in [-0.4, -0.2) is 6.61 Å². The molecule has 0 aliphatic carbocycles. The van der Waals surface area contributed by atoms with Crippen LogP contribution in [0, 0.1) is 5.41 Å². The van der Waals surface area contributed by atoms with Crippen LogP contribution in [-0.2, 0) is 0 Å². The van der Waals surface area contributed by atoms with E-state index in [4.69, 9.17) is 4.74 Å². The minimum Gasteiger partial charge on any atom is -0.493 e. The second kappa shape index (κ2) is 5.40. The molecule has 108 valence electrons. The number of benzene rings is 3. The SMILES string of the molecule is CC(C)(C)CCOc1cc2ccccc2c2ccccc12. The molecule has 0 amide bonds. The summed E-state index contributed by atoms with van der Waals surface area (Å²) in [6, 6.07) is 19.2. The Labute approximate surface area is 126 Å². The van der Waals surface area contributed by atoms with E-state index in [-0.39, 0.29) is 0 Å². The summed E-state index contributed by atoms with van der Waals surface area (Å²) in [5.74, 6) is 0.994. The van der Waals surface area contributed by atoms with Gasteiger partial charge in [-0.3, -0.25) is 0 Å². The Morgan fingerprint density at radius 3 is 2.14 bits per heavy atom. The number of hydrogen-bond donors (Lipinski definition) is 0. The molecule has 0 radical (unpaired) electrons. The predicted molar refractivity (Wildman–Crippen MR) is 91.0 cm³/mol. The number of fused-ring (bicyclic) bond motifs is 3. The molecule has 0 aromatic heterocycles. The average molecular weight is 278 g/mol. The summed E-state index contributed by atoms with van der Waals surface area (Å²) in [7, 11) is 0. The van der Waals surface area contributed by atoms with Crippen molar-refractivity contribution in [1.82, 2.24) is 0 Å². The minimum absolute atomic E-state index is 0.298. The quantitative estimate of drug-likeness (QED) is 0.549. The first-order chi connectivity index (χ1) is 10.0. The Hall–Kier alpha value is -2.02.